The topological polar surface area (TPSA) is 238 Å². The first-order chi connectivity index (χ1) is 30.2. The lowest BCUT2D eigenvalue weighted by molar-refractivity contribution is -0.137. The highest BCUT2D eigenvalue weighted by Crippen LogP contribution is 2.38. The molecule has 1 saturated heterocycles. The first-order valence-corrected chi connectivity index (χ1v) is 20.2. The number of nitrogens with zero attached hydrogens (tertiary/aromatic N) is 4. The van der Waals surface area contributed by atoms with Crippen LogP contribution in [0.3, 0.4) is 0 Å². The molecule has 5 N–H and O–H groups in total. The first kappa shape index (κ1) is 43.3. The van der Waals surface area contributed by atoms with Crippen molar-refractivity contribution in [2.24, 2.45) is 10.2 Å². The highest BCUT2D eigenvalue weighted by Gasteiger charge is 2.40. The van der Waals surface area contributed by atoms with Gasteiger partial charge in [0, 0.05) is 55.0 Å². The molecular weight excluding hydrogens is 815 g/mol. The van der Waals surface area contributed by atoms with Gasteiger partial charge in [0.1, 0.15) is 47.1 Å². The summed E-state index contributed by atoms with van der Waals surface area (Å²) < 4.78 is 16.8. The van der Waals surface area contributed by atoms with Crippen molar-refractivity contribution in [2.45, 2.75) is 58.0 Å². The van der Waals surface area contributed by atoms with Gasteiger partial charge in [0.25, 0.3) is 11.8 Å². The molecule has 3 heterocycles. The maximum absolute atomic E-state index is 13.1. The Kier molecular flexibility index (Phi) is 12.7. The lowest BCUT2D eigenvalue weighted by atomic mass is 9.84. The second-order valence-corrected chi connectivity index (χ2v) is 15.3. The standard InChI is InChI=1S/C45H45N7O11/c1-5-46-42(57)40-38(39(49-50-40)31-21-30(24(2)3)35(53)22-36(31)54)25-9-11-26(12-10-25)62-27-13-15-28(16-14-27)63-45(60)51(4)19-20-61-44(59)47-33-8-6-7-29-32(33)23-52(43(29)58)34-17-18-37(55)48-41(34)56/h6-16,21-22,24,34,38,53-54H,5,17-20,23H2,1-4H3,(H,46,57)(H,47,59)(H,48,55,56). The molecule has 2 unspecified atom stereocenters. The van der Waals surface area contributed by atoms with E-state index < -0.39 is 36.0 Å². The SMILES string of the molecule is CCNC(=O)C1=NN=C(c2cc(C(C)C)c(O)cc2O)C1c1ccc(Oc2ccc(OC(=O)N(C)CCOC(=O)Nc3cccc4c3CN(C3CCC(=O)NC3=O)C4=O)cc2)cc1. The number of nitrogens with one attached hydrogen (secondary N) is 3. The normalized spacial score (nSPS) is 16.8. The highest BCUT2D eigenvalue weighted by molar-refractivity contribution is 6.47. The summed E-state index contributed by atoms with van der Waals surface area (Å²) in [6, 6.07) is 20.2. The summed E-state index contributed by atoms with van der Waals surface area (Å²) in [5, 5.41) is 37.4. The summed E-state index contributed by atoms with van der Waals surface area (Å²) in [5.74, 6) is -1.58. The maximum atomic E-state index is 13.1. The molecule has 6 amide bonds. The fourth-order valence-corrected chi connectivity index (χ4v) is 7.40. The number of fused-ring (bicyclic) bond motifs is 1. The van der Waals surface area contributed by atoms with E-state index in [1.165, 1.54) is 22.9 Å². The number of amides is 6. The number of piperidine rings is 1. The van der Waals surface area contributed by atoms with Gasteiger partial charge in [-0.2, -0.15) is 5.10 Å². The zero-order valence-corrected chi connectivity index (χ0v) is 34.8. The van der Waals surface area contributed by atoms with E-state index in [4.69, 9.17) is 14.2 Å². The molecule has 7 rings (SSSR count). The molecule has 63 heavy (non-hydrogen) atoms. The van der Waals surface area contributed by atoms with Crippen LogP contribution in [0.15, 0.2) is 89.1 Å². The predicted molar refractivity (Wildman–Crippen MR) is 228 cm³/mol. The molecule has 0 saturated carbocycles. The van der Waals surface area contributed by atoms with Crippen LogP contribution in [-0.2, 0) is 25.7 Å². The number of likely N-dealkylation sites (N-methyl/N-ethyl adjacent to an activating group) is 1. The number of anilines is 1. The highest BCUT2D eigenvalue weighted by atomic mass is 16.6. The predicted octanol–water partition coefficient (Wildman–Crippen LogP) is 5.53. The van der Waals surface area contributed by atoms with Gasteiger partial charge in [-0.15, -0.1) is 5.10 Å². The number of imide groups is 1. The third-order valence-corrected chi connectivity index (χ3v) is 10.7. The number of hydrogen-bond donors (Lipinski definition) is 5. The smallest absolute Gasteiger partial charge is 0.415 e. The molecule has 2 atom stereocenters. The molecule has 3 aliphatic rings. The van der Waals surface area contributed by atoms with Crippen LogP contribution in [0.1, 0.15) is 78.1 Å². The zero-order chi connectivity index (χ0) is 44.9. The third-order valence-electron chi connectivity index (χ3n) is 10.7. The van der Waals surface area contributed by atoms with Crippen molar-refractivity contribution in [3.05, 3.63) is 107 Å². The van der Waals surface area contributed by atoms with Crippen LogP contribution >= 0.6 is 0 Å². The molecule has 4 aromatic rings. The van der Waals surface area contributed by atoms with E-state index in [1.807, 2.05) is 13.8 Å². The van der Waals surface area contributed by atoms with Crippen molar-refractivity contribution >= 4 is 52.9 Å². The minimum atomic E-state index is -0.813. The van der Waals surface area contributed by atoms with Crippen molar-refractivity contribution in [2.75, 3.05) is 32.1 Å². The number of hydrogen-bond acceptors (Lipinski definition) is 13. The van der Waals surface area contributed by atoms with Gasteiger partial charge in [-0.25, -0.2) is 9.59 Å². The molecule has 0 spiro atoms. The Labute approximate surface area is 361 Å². The first-order valence-electron chi connectivity index (χ1n) is 20.2. The third kappa shape index (κ3) is 9.44. The van der Waals surface area contributed by atoms with E-state index in [-0.39, 0.29) is 73.2 Å². The van der Waals surface area contributed by atoms with Crippen molar-refractivity contribution in [3.8, 4) is 28.7 Å². The van der Waals surface area contributed by atoms with Gasteiger partial charge in [0.15, 0.2) is 0 Å². The molecule has 0 radical (unpaired) electrons. The van der Waals surface area contributed by atoms with Crippen molar-refractivity contribution in [1.29, 1.82) is 0 Å². The molecule has 0 aromatic heterocycles. The Hall–Kier alpha value is -7.76. The number of benzene rings is 4. The minimum Gasteiger partial charge on any atom is -0.508 e. The van der Waals surface area contributed by atoms with Gasteiger partial charge in [-0.3, -0.25) is 29.8 Å². The van der Waals surface area contributed by atoms with E-state index in [0.717, 1.165) is 0 Å². The summed E-state index contributed by atoms with van der Waals surface area (Å²) >= 11 is 0. The second-order valence-electron chi connectivity index (χ2n) is 15.3. The van der Waals surface area contributed by atoms with Crippen LogP contribution < -0.4 is 25.4 Å². The number of aromatic hydroxyl groups is 2. The molecule has 0 aliphatic carbocycles. The van der Waals surface area contributed by atoms with Crippen LogP contribution in [0.2, 0.25) is 0 Å². The summed E-state index contributed by atoms with van der Waals surface area (Å²) in [5.41, 5.74) is 3.31. The fourth-order valence-electron chi connectivity index (χ4n) is 7.40. The van der Waals surface area contributed by atoms with Gasteiger partial charge in [0.05, 0.1) is 18.2 Å². The Morgan fingerprint density at radius 1 is 0.921 bits per heavy atom. The molecule has 18 nitrogen and oxygen atoms in total. The van der Waals surface area contributed by atoms with Crippen molar-refractivity contribution in [1.82, 2.24) is 20.4 Å². The van der Waals surface area contributed by atoms with E-state index in [0.29, 0.717) is 57.3 Å². The van der Waals surface area contributed by atoms with E-state index in [9.17, 15) is 39.0 Å². The number of carbonyl (C=O) groups is 6. The van der Waals surface area contributed by atoms with Gasteiger partial charge >= 0.3 is 12.2 Å². The quantitative estimate of drug-likeness (QED) is 0.105. The zero-order valence-electron chi connectivity index (χ0n) is 34.8. The molecular formula is C45H45N7O11. The number of carbonyl (C=O) groups excluding carboxylic acids is 6. The average Bonchev–Trinajstić information content (AvgIpc) is 3.84. The Balaban J connectivity index is 0.906. The summed E-state index contributed by atoms with van der Waals surface area (Å²) in [6.45, 7) is 5.89. The number of ether oxygens (including phenoxy) is 3. The van der Waals surface area contributed by atoms with E-state index >= 15 is 0 Å². The Bertz CT molecular complexity index is 2540. The molecule has 4 aromatic carbocycles. The molecule has 0 bridgehead atoms. The Morgan fingerprint density at radius 2 is 1.62 bits per heavy atom. The summed E-state index contributed by atoms with van der Waals surface area (Å²) in [4.78, 5) is 78.3. The van der Waals surface area contributed by atoms with Crippen LogP contribution in [0.5, 0.6) is 28.7 Å². The van der Waals surface area contributed by atoms with Crippen LogP contribution in [0.25, 0.3) is 0 Å². The lowest BCUT2D eigenvalue weighted by Crippen LogP contribution is -2.52. The Morgan fingerprint density at radius 3 is 2.30 bits per heavy atom. The fraction of sp³-hybridized carbons (Fsp3) is 0.289. The van der Waals surface area contributed by atoms with Crippen LogP contribution in [-0.4, -0.2) is 100 Å². The van der Waals surface area contributed by atoms with Gasteiger partial charge < -0.3 is 39.5 Å². The second kappa shape index (κ2) is 18.5. The molecule has 3 aliphatic heterocycles. The van der Waals surface area contributed by atoms with Gasteiger partial charge in [-0.1, -0.05) is 32.0 Å². The van der Waals surface area contributed by atoms with Gasteiger partial charge in [0.2, 0.25) is 11.8 Å². The van der Waals surface area contributed by atoms with Crippen molar-refractivity contribution in [3.63, 3.8) is 0 Å². The van der Waals surface area contributed by atoms with E-state index in [2.05, 4.69) is 26.2 Å². The van der Waals surface area contributed by atoms with Gasteiger partial charge in [-0.05, 0) is 85.0 Å². The van der Waals surface area contributed by atoms with Crippen molar-refractivity contribution < 1.29 is 53.2 Å². The monoisotopic (exact) mass is 859 g/mol. The average molecular weight is 860 g/mol. The van der Waals surface area contributed by atoms with Crippen LogP contribution in [0, 0.1) is 0 Å². The summed E-state index contributed by atoms with van der Waals surface area (Å²) in [7, 11) is 1.48. The molecule has 18 heteroatoms. The number of phenols is 2. The minimum absolute atomic E-state index is 0.00196. The number of phenolic OH excluding ortho intramolecular Hbond substituents is 2. The summed E-state index contributed by atoms with van der Waals surface area (Å²) in [6.07, 6.45) is -1.19. The maximum Gasteiger partial charge on any atom is 0.415 e. The molecule has 1 fully saturated rings. The van der Waals surface area contributed by atoms with Crippen LogP contribution in [0.4, 0.5) is 15.3 Å². The largest absolute Gasteiger partial charge is 0.508 e. The lowest BCUT2D eigenvalue weighted by Gasteiger charge is -2.29. The number of rotatable bonds is 13. The van der Waals surface area contributed by atoms with E-state index in [1.54, 1.807) is 79.7 Å². The molecule has 326 valence electrons.